The van der Waals surface area contributed by atoms with E-state index in [0.717, 1.165) is 11.1 Å². The maximum atomic E-state index is 12.8. The number of anilines is 1. The summed E-state index contributed by atoms with van der Waals surface area (Å²) in [4.78, 5) is 26.9. The molecule has 0 saturated carbocycles. The van der Waals surface area contributed by atoms with Gasteiger partial charge in [-0.1, -0.05) is 36.4 Å². The Morgan fingerprint density at radius 2 is 1.93 bits per heavy atom. The van der Waals surface area contributed by atoms with E-state index in [-0.39, 0.29) is 18.2 Å². The topological polar surface area (TPSA) is 76.5 Å². The van der Waals surface area contributed by atoms with Crippen molar-refractivity contribution in [3.05, 3.63) is 77.6 Å². The largest absolute Gasteiger partial charge is 0.489 e. The van der Waals surface area contributed by atoms with Crippen LogP contribution in [0.25, 0.3) is 0 Å². The van der Waals surface area contributed by atoms with Crippen LogP contribution >= 0.6 is 0 Å². The maximum absolute atomic E-state index is 12.8. The fourth-order valence-electron chi connectivity index (χ4n) is 3.32. The van der Waals surface area contributed by atoms with E-state index < -0.39 is 11.9 Å². The Hall–Kier alpha value is -3.61. The number of hydrogen-bond acceptors (Lipinski definition) is 4. The molecule has 2 aromatic carbocycles. The van der Waals surface area contributed by atoms with E-state index >= 15 is 0 Å². The molecule has 0 aliphatic carbocycles. The zero-order valence-corrected chi connectivity index (χ0v) is 16.3. The molecular formula is C22H22N4O3. The Morgan fingerprint density at radius 3 is 2.76 bits per heavy atom. The molecule has 1 aromatic heterocycles. The normalized spacial score (nSPS) is 16.0. The lowest BCUT2D eigenvalue weighted by Gasteiger charge is -2.20. The minimum Gasteiger partial charge on any atom is -0.489 e. The third-order valence-electron chi connectivity index (χ3n) is 5.03. The first-order valence-corrected chi connectivity index (χ1v) is 9.41. The van der Waals surface area contributed by atoms with Gasteiger partial charge in [0.2, 0.25) is 0 Å². The molecule has 3 aromatic rings. The van der Waals surface area contributed by atoms with Gasteiger partial charge in [-0.3, -0.25) is 14.3 Å². The zero-order chi connectivity index (χ0) is 20.4. The van der Waals surface area contributed by atoms with Gasteiger partial charge in [-0.15, -0.1) is 0 Å². The van der Waals surface area contributed by atoms with Crippen LogP contribution in [0.3, 0.4) is 0 Å². The second kappa shape index (κ2) is 7.79. The quantitative estimate of drug-likeness (QED) is 0.742. The molecule has 0 unspecified atom stereocenters. The number of carbonyl (C=O) groups is 2. The summed E-state index contributed by atoms with van der Waals surface area (Å²) in [5.74, 6) is -0.0277. The summed E-state index contributed by atoms with van der Waals surface area (Å²) in [7, 11) is 1.67. The molecule has 1 aliphatic heterocycles. The van der Waals surface area contributed by atoms with Crippen molar-refractivity contribution in [3.8, 4) is 5.75 Å². The molecule has 148 valence electrons. The molecule has 1 atom stereocenters. The molecule has 0 fully saturated rings. The molecule has 1 N–H and O–H groups in total. The van der Waals surface area contributed by atoms with E-state index in [1.165, 1.54) is 4.90 Å². The molecule has 7 heteroatoms. The minimum absolute atomic E-state index is 0.0653. The summed E-state index contributed by atoms with van der Waals surface area (Å²) in [5.41, 5.74) is 3.24. The van der Waals surface area contributed by atoms with E-state index in [1.54, 1.807) is 30.1 Å². The van der Waals surface area contributed by atoms with Crippen LogP contribution in [0.1, 0.15) is 21.6 Å². The summed E-state index contributed by atoms with van der Waals surface area (Å²) in [5, 5.41) is 7.11. The highest BCUT2D eigenvalue weighted by atomic mass is 16.5. The lowest BCUT2D eigenvalue weighted by molar-refractivity contribution is -0.120. The van der Waals surface area contributed by atoms with Crippen molar-refractivity contribution in [2.75, 3.05) is 18.6 Å². The van der Waals surface area contributed by atoms with Crippen molar-refractivity contribution >= 4 is 17.5 Å². The number of para-hydroxylation sites is 2. The van der Waals surface area contributed by atoms with Gasteiger partial charge in [-0.05, 0) is 36.2 Å². The van der Waals surface area contributed by atoms with Gasteiger partial charge in [0.25, 0.3) is 11.8 Å². The van der Waals surface area contributed by atoms with Gasteiger partial charge in [0.15, 0.2) is 0 Å². The van der Waals surface area contributed by atoms with E-state index in [9.17, 15) is 9.59 Å². The van der Waals surface area contributed by atoms with Gasteiger partial charge in [0, 0.05) is 13.2 Å². The zero-order valence-electron chi connectivity index (χ0n) is 16.3. The third-order valence-corrected chi connectivity index (χ3v) is 5.03. The van der Waals surface area contributed by atoms with Crippen LogP contribution in [0.2, 0.25) is 0 Å². The smallest absolute Gasteiger partial charge is 0.272 e. The molecule has 0 spiro atoms. The lowest BCUT2D eigenvalue weighted by atomic mass is 10.1. The van der Waals surface area contributed by atoms with Gasteiger partial charge in [0.05, 0.1) is 12.2 Å². The standard InChI is InChI=1S/C22H22N4O3/c1-15-7-3-4-8-16(15)13-26-12-11-17(24-26)21(27)23-18-14-29-20-10-6-5-9-19(20)25(2)22(18)28/h3-12,18H,13-14H2,1-2H3,(H,23,27)/t18-/m1/s1. The Kier molecular flexibility index (Phi) is 5.03. The molecule has 0 saturated heterocycles. The predicted octanol–water partition coefficient (Wildman–Crippen LogP) is 2.39. The van der Waals surface area contributed by atoms with Gasteiger partial charge < -0.3 is 15.0 Å². The number of nitrogens with one attached hydrogen (secondary N) is 1. The Morgan fingerprint density at radius 1 is 1.17 bits per heavy atom. The number of rotatable bonds is 4. The summed E-state index contributed by atoms with van der Waals surface area (Å²) in [6, 6.07) is 16.2. The molecule has 0 radical (unpaired) electrons. The summed E-state index contributed by atoms with van der Waals surface area (Å²) < 4.78 is 7.45. The van der Waals surface area contributed by atoms with Crippen LogP contribution in [-0.2, 0) is 11.3 Å². The number of carbonyl (C=O) groups excluding carboxylic acids is 2. The Labute approximate surface area is 168 Å². The van der Waals surface area contributed by atoms with Crippen LogP contribution in [0.15, 0.2) is 60.8 Å². The molecule has 1 aliphatic rings. The monoisotopic (exact) mass is 390 g/mol. The number of nitrogens with zero attached hydrogens (tertiary/aromatic N) is 3. The number of ether oxygens (including phenoxy) is 1. The number of likely N-dealkylation sites (N-methyl/N-ethyl adjacent to an activating group) is 1. The average Bonchev–Trinajstić information content (AvgIpc) is 3.16. The first-order valence-electron chi connectivity index (χ1n) is 9.41. The van der Waals surface area contributed by atoms with E-state index in [2.05, 4.69) is 10.4 Å². The van der Waals surface area contributed by atoms with Gasteiger partial charge in [-0.25, -0.2) is 0 Å². The number of amides is 2. The molecule has 4 rings (SSSR count). The number of aromatic nitrogens is 2. The number of hydrogen-bond donors (Lipinski definition) is 1. The van der Waals surface area contributed by atoms with Crippen LogP contribution < -0.4 is 15.0 Å². The summed E-state index contributed by atoms with van der Waals surface area (Å²) >= 11 is 0. The van der Waals surface area contributed by atoms with Crippen molar-refractivity contribution in [3.63, 3.8) is 0 Å². The first kappa shape index (κ1) is 18.7. The predicted molar refractivity (Wildman–Crippen MR) is 109 cm³/mol. The van der Waals surface area contributed by atoms with E-state index in [4.69, 9.17) is 4.74 Å². The highest BCUT2D eigenvalue weighted by Crippen LogP contribution is 2.29. The molecular weight excluding hydrogens is 368 g/mol. The fraction of sp³-hybridized carbons (Fsp3) is 0.227. The van der Waals surface area contributed by atoms with Crippen LogP contribution in [0, 0.1) is 6.92 Å². The molecule has 2 heterocycles. The Bertz CT molecular complexity index is 1060. The highest BCUT2D eigenvalue weighted by molar-refractivity contribution is 6.02. The van der Waals surface area contributed by atoms with Gasteiger partial charge in [-0.2, -0.15) is 5.10 Å². The van der Waals surface area contributed by atoms with Crippen LogP contribution in [0.4, 0.5) is 5.69 Å². The van der Waals surface area contributed by atoms with Crippen molar-refractivity contribution < 1.29 is 14.3 Å². The molecule has 7 nitrogen and oxygen atoms in total. The minimum atomic E-state index is -0.790. The first-order chi connectivity index (χ1) is 14.0. The van der Waals surface area contributed by atoms with Crippen molar-refractivity contribution in [1.82, 2.24) is 15.1 Å². The van der Waals surface area contributed by atoms with Crippen LogP contribution in [-0.4, -0.2) is 41.3 Å². The second-order valence-corrected chi connectivity index (χ2v) is 7.03. The molecule has 0 bridgehead atoms. The summed E-state index contributed by atoms with van der Waals surface area (Å²) in [6.45, 7) is 2.68. The van der Waals surface area contributed by atoms with Gasteiger partial charge in [0.1, 0.15) is 24.1 Å². The van der Waals surface area contributed by atoms with Crippen LogP contribution in [0.5, 0.6) is 5.75 Å². The number of benzene rings is 2. The third kappa shape index (κ3) is 3.85. The SMILES string of the molecule is Cc1ccccc1Cn1ccc(C(=O)N[C@@H]2COc3ccccc3N(C)C2=O)n1. The highest BCUT2D eigenvalue weighted by Gasteiger charge is 2.31. The lowest BCUT2D eigenvalue weighted by Crippen LogP contribution is -2.49. The maximum Gasteiger partial charge on any atom is 0.272 e. The van der Waals surface area contributed by atoms with Gasteiger partial charge >= 0.3 is 0 Å². The van der Waals surface area contributed by atoms with Crippen molar-refractivity contribution in [2.45, 2.75) is 19.5 Å². The average molecular weight is 390 g/mol. The van der Waals surface area contributed by atoms with E-state index in [1.807, 2.05) is 49.4 Å². The second-order valence-electron chi connectivity index (χ2n) is 7.03. The molecule has 2 amide bonds. The molecule has 29 heavy (non-hydrogen) atoms. The van der Waals surface area contributed by atoms with Crippen molar-refractivity contribution in [2.24, 2.45) is 0 Å². The number of aryl methyl sites for hydroxylation is 1. The van der Waals surface area contributed by atoms with E-state index in [0.29, 0.717) is 18.0 Å². The van der Waals surface area contributed by atoms with Crippen molar-refractivity contribution in [1.29, 1.82) is 0 Å². The Balaban J connectivity index is 1.45. The fourth-order valence-corrected chi connectivity index (χ4v) is 3.32. The summed E-state index contributed by atoms with van der Waals surface area (Å²) in [6.07, 6.45) is 1.76. The number of fused-ring (bicyclic) bond motifs is 1.